The van der Waals surface area contributed by atoms with E-state index >= 15 is 0 Å². The zero-order valence-electron chi connectivity index (χ0n) is 8.61. The molecule has 2 heterocycles. The van der Waals surface area contributed by atoms with Crippen LogP contribution in [0.15, 0.2) is 12.4 Å². The van der Waals surface area contributed by atoms with Crippen LogP contribution in [0.2, 0.25) is 0 Å². The van der Waals surface area contributed by atoms with Gasteiger partial charge in [0.25, 0.3) is 0 Å². The molecule has 1 aliphatic rings. The van der Waals surface area contributed by atoms with Crippen LogP contribution in [0, 0.1) is 0 Å². The van der Waals surface area contributed by atoms with Gasteiger partial charge in [-0.25, -0.2) is 9.97 Å². The van der Waals surface area contributed by atoms with Crippen molar-refractivity contribution in [3.63, 3.8) is 0 Å². The van der Waals surface area contributed by atoms with Crippen molar-refractivity contribution < 1.29 is 4.74 Å². The molecule has 1 aromatic heterocycles. The van der Waals surface area contributed by atoms with Crippen LogP contribution in [0.4, 0.5) is 5.82 Å². The lowest BCUT2D eigenvalue weighted by Crippen LogP contribution is -2.28. The Kier molecular flexibility index (Phi) is 3.38. The van der Waals surface area contributed by atoms with Crippen LogP contribution < -0.4 is 5.32 Å². The standard InChI is InChI=1S/C10H14ClN3O/c1-2-7-3-10(13-6-12-7)14-9-5-15-4-8(9)11/h3,6,8-9H,2,4-5H2,1H3,(H,12,13,14). The summed E-state index contributed by atoms with van der Waals surface area (Å²) in [5.41, 5.74) is 1.03. The van der Waals surface area contributed by atoms with Crippen molar-refractivity contribution in [2.75, 3.05) is 18.5 Å². The quantitative estimate of drug-likeness (QED) is 0.795. The first kappa shape index (κ1) is 10.6. The van der Waals surface area contributed by atoms with Crippen LogP contribution >= 0.6 is 11.6 Å². The van der Waals surface area contributed by atoms with E-state index in [-0.39, 0.29) is 11.4 Å². The lowest BCUT2D eigenvalue weighted by Gasteiger charge is -2.14. The van der Waals surface area contributed by atoms with Crippen molar-refractivity contribution in [1.82, 2.24) is 9.97 Å². The van der Waals surface area contributed by atoms with Gasteiger partial charge in [0.15, 0.2) is 0 Å². The van der Waals surface area contributed by atoms with Gasteiger partial charge in [0.05, 0.1) is 24.6 Å². The van der Waals surface area contributed by atoms with Crippen LogP contribution in [-0.2, 0) is 11.2 Å². The normalized spacial score (nSPS) is 25.5. The van der Waals surface area contributed by atoms with Gasteiger partial charge in [-0.05, 0) is 6.42 Å². The van der Waals surface area contributed by atoms with Crippen LogP contribution in [0.25, 0.3) is 0 Å². The number of rotatable bonds is 3. The highest BCUT2D eigenvalue weighted by molar-refractivity contribution is 6.21. The van der Waals surface area contributed by atoms with E-state index in [2.05, 4.69) is 22.2 Å². The summed E-state index contributed by atoms with van der Waals surface area (Å²) >= 11 is 6.07. The van der Waals surface area contributed by atoms with Gasteiger partial charge < -0.3 is 10.1 Å². The van der Waals surface area contributed by atoms with Gasteiger partial charge in [0, 0.05) is 11.8 Å². The molecular formula is C10H14ClN3O. The topological polar surface area (TPSA) is 47.0 Å². The predicted octanol–water partition coefficient (Wildman–Crippen LogP) is 1.46. The van der Waals surface area contributed by atoms with E-state index in [0.29, 0.717) is 13.2 Å². The molecule has 1 aromatic rings. The maximum atomic E-state index is 6.07. The molecule has 0 radical (unpaired) electrons. The maximum Gasteiger partial charge on any atom is 0.129 e. The van der Waals surface area contributed by atoms with Crippen LogP contribution in [0.3, 0.4) is 0 Å². The monoisotopic (exact) mass is 227 g/mol. The Hall–Kier alpha value is -0.870. The lowest BCUT2D eigenvalue weighted by atomic mass is 10.2. The molecule has 1 N–H and O–H groups in total. The highest BCUT2D eigenvalue weighted by Crippen LogP contribution is 2.16. The Labute approximate surface area is 94.0 Å². The Morgan fingerprint density at radius 3 is 3.07 bits per heavy atom. The third-order valence-electron chi connectivity index (χ3n) is 2.43. The fraction of sp³-hybridized carbons (Fsp3) is 0.600. The number of aromatic nitrogens is 2. The molecule has 2 rings (SSSR count). The predicted molar refractivity (Wildman–Crippen MR) is 59.3 cm³/mol. The number of hydrogen-bond donors (Lipinski definition) is 1. The second-order valence-corrected chi connectivity index (χ2v) is 4.11. The highest BCUT2D eigenvalue weighted by Gasteiger charge is 2.26. The third-order valence-corrected chi connectivity index (χ3v) is 2.86. The molecule has 0 bridgehead atoms. The van der Waals surface area contributed by atoms with Crippen molar-refractivity contribution in [3.8, 4) is 0 Å². The summed E-state index contributed by atoms with van der Waals surface area (Å²) < 4.78 is 5.26. The van der Waals surface area contributed by atoms with Crippen molar-refractivity contribution in [3.05, 3.63) is 18.1 Å². The molecule has 0 amide bonds. The number of aryl methyl sites for hydroxylation is 1. The molecule has 4 nitrogen and oxygen atoms in total. The fourth-order valence-electron chi connectivity index (χ4n) is 1.52. The van der Waals surface area contributed by atoms with Gasteiger partial charge in [-0.3, -0.25) is 0 Å². The summed E-state index contributed by atoms with van der Waals surface area (Å²) in [6.45, 7) is 3.31. The van der Waals surface area contributed by atoms with Crippen LogP contribution in [-0.4, -0.2) is 34.6 Å². The minimum absolute atomic E-state index is 0.0186. The zero-order valence-corrected chi connectivity index (χ0v) is 9.37. The van der Waals surface area contributed by atoms with E-state index in [1.807, 2.05) is 6.07 Å². The van der Waals surface area contributed by atoms with Gasteiger partial charge in [-0.15, -0.1) is 11.6 Å². The number of ether oxygens (including phenoxy) is 1. The number of alkyl halides is 1. The van der Waals surface area contributed by atoms with Crippen molar-refractivity contribution in [2.45, 2.75) is 24.8 Å². The van der Waals surface area contributed by atoms with E-state index < -0.39 is 0 Å². The van der Waals surface area contributed by atoms with Crippen molar-refractivity contribution >= 4 is 17.4 Å². The summed E-state index contributed by atoms with van der Waals surface area (Å²) in [7, 11) is 0. The Morgan fingerprint density at radius 2 is 2.40 bits per heavy atom. The average molecular weight is 228 g/mol. The number of halogens is 1. The highest BCUT2D eigenvalue weighted by atomic mass is 35.5. The molecule has 82 valence electrons. The van der Waals surface area contributed by atoms with Crippen LogP contribution in [0.5, 0.6) is 0 Å². The number of nitrogens with one attached hydrogen (secondary N) is 1. The average Bonchev–Trinajstić information content (AvgIpc) is 2.65. The molecule has 5 heteroatoms. The van der Waals surface area contributed by atoms with Gasteiger partial charge in [-0.1, -0.05) is 6.92 Å². The first-order chi connectivity index (χ1) is 7.29. The fourth-order valence-corrected chi connectivity index (χ4v) is 1.74. The van der Waals surface area contributed by atoms with Gasteiger partial charge in [0.1, 0.15) is 12.1 Å². The van der Waals surface area contributed by atoms with E-state index in [1.54, 1.807) is 6.33 Å². The summed E-state index contributed by atoms with van der Waals surface area (Å²) in [4.78, 5) is 8.28. The molecule has 2 unspecified atom stereocenters. The zero-order chi connectivity index (χ0) is 10.7. The molecule has 15 heavy (non-hydrogen) atoms. The maximum absolute atomic E-state index is 6.07. The number of anilines is 1. The molecule has 0 saturated carbocycles. The Bertz CT molecular complexity index is 334. The molecular weight excluding hydrogens is 214 g/mol. The van der Waals surface area contributed by atoms with E-state index in [4.69, 9.17) is 16.3 Å². The summed E-state index contributed by atoms with van der Waals surface area (Å²) in [6.07, 6.45) is 2.48. The first-order valence-electron chi connectivity index (χ1n) is 5.09. The summed E-state index contributed by atoms with van der Waals surface area (Å²) in [5, 5.41) is 3.28. The van der Waals surface area contributed by atoms with E-state index in [1.165, 1.54) is 0 Å². The van der Waals surface area contributed by atoms with Crippen molar-refractivity contribution in [2.24, 2.45) is 0 Å². The second-order valence-electron chi connectivity index (χ2n) is 3.55. The molecule has 2 atom stereocenters. The molecule has 0 aliphatic carbocycles. The van der Waals surface area contributed by atoms with Gasteiger partial charge in [0.2, 0.25) is 0 Å². The van der Waals surface area contributed by atoms with Crippen LogP contribution in [0.1, 0.15) is 12.6 Å². The smallest absolute Gasteiger partial charge is 0.129 e. The molecule has 1 aliphatic heterocycles. The minimum Gasteiger partial charge on any atom is -0.378 e. The second kappa shape index (κ2) is 4.77. The third kappa shape index (κ3) is 2.58. The summed E-state index contributed by atoms with van der Waals surface area (Å²) in [6, 6.07) is 2.09. The largest absolute Gasteiger partial charge is 0.378 e. The van der Waals surface area contributed by atoms with Gasteiger partial charge >= 0.3 is 0 Å². The Morgan fingerprint density at radius 1 is 1.53 bits per heavy atom. The molecule has 0 aromatic carbocycles. The number of hydrogen-bond acceptors (Lipinski definition) is 4. The number of nitrogens with zero attached hydrogens (tertiary/aromatic N) is 2. The van der Waals surface area contributed by atoms with Crippen molar-refractivity contribution in [1.29, 1.82) is 0 Å². The molecule has 0 spiro atoms. The summed E-state index contributed by atoms with van der Waals surface area (Å²) in [5.74, 6) is 0.822. The molecule has 1 saturated heterocycles. The Balaban J connectivity index is 2.03. The van der Waals surface area contributed by atoms with E-state index in [9.17, 15) is 0 Å². The first-order valence-corrected chi connectivity index (χ1v) is 5.52. The SMILES string of the molecule is CCc1cc(NC2COCC2Cl)ncn1. The van der Waals surface area contributed by atoms with Gasteiger partial charge in [-0.2, -0.15) is 0 Å². The minimum atomic E-state index is 0.0186. The lowest BCUT2D eigenvalue weighted by molar-refractivity contribution is 0.196. The molecule has 1 fully saturated rings. The van der Waals surface area contributed by atoms with E-state index in [0.717, 1.165) is 17.9 Å².